The van der Waals surface area contributed by atoms with Crippen molar-refractivity contribution >= 4 is 29.5 Å². The minimum atomic E-state index is -1.07. The van der Waals surface area contributed by atoms with Gasteiger partial charge in [0, 0.05) is 5.69 Å². The number of hydrogen-bond donors (Lipinski definition) is 2. The van der Waals surface area contributed by atoms with E-state index in [1.165, 1.54) is 6.92 Å². The molecule has 1 aromatic carbocycles. The molecular formula is C20H27N3O5. The summed E-state index contributed by atoms with van der Waals surface area (Å²) in [4.78, 5) is 49.4. The second-order valence-electron chi connectivity index (χ2n) is 7.41. The number of nitrogens with zero attached hydrogens (tertiary/aromatic N) is 1. The van der Waals surface area contributed by atoms with Crippen molar-refractivity contribution in [1.29, 1.82) is 0 Å². The number of ether oxygens (including phenoxy) is 1. The minimum absolute atomic E-state index is 0.379. The molecule has 8 heteroatoms. The van der Waals surface area contributed by atoms with Gasteiger partial charge in [-0.05, 0) is 43.9 Å². The Bertz CT molecular complexity index is 775. The molecule has 2 atom stereocenters. The van der Waals surface area contributed by atoms with Crippen LogP contribution < -0.4 is 10.6 Å². The summed E-state index contributed by atoms with van der Waals surface area (Å²) in [7, 11) is 0. The molecule has 8 nitrogen and oxygen atoms in total. The molecule has 1 aliphatic heterocycles. The molecule has 0 radical (unpaired) electrons. The van der Waals surface area contributed by atoms with Crippen molar-refractivity contribution in [3.05, 3.63) is 29.8 Å². The van der Waals surface area contributed by atoms with Crippen LogP contribution in [0.4, 0.5) is 10.5 Å². The van der Waals surface area contributed by atoms with Crippen molar-refractivity contribution in [2.24, 2.45) is 0 Å². The van der Waals surface area contributed by atoms with E-state index in [0.717, 1.165) is 10.5 Å². The molecule has 1 aliphatic rings. The lowest BCUT2D eigenvalue weighted by Crippen LogP contribution is -2.44. The Hall–Kier alpha value is -2.90. The molecular weight excluding hydrogens is 362 g/mol. The third-order valence-corrected chi connectivity index (χ3v) is 4.86. The summed E-state index contributed by atoms with van der Waals surface area (Å²) in [5.74, 6) is -1.44. The van der Waals surface area contributed by atoms with Gasteiger partial charge in [0.15, 0.2) is 6.10 Å². The van der Waals surface area contributed by atoms with Crippen LogP contribution in [0.5, 0.6) is 0 Å². The van der Waals surface area contributed by atoms with Crippen LogP contribution in [0.3, 0.4) is 0 Å². The van der Waals surface area contributed by atoms with Gasteiger partial charge in [0.2, 0.25) is 0 Å². The van der Waals surface area contributed by atoms with E-state index in [-0.39, 0.29) is 0 Å². The molecule has 2 N–H and O–H groups in total. The van der Waals surface area contributed by atoms with Crippen LogP contribution in [-0.4, -0.2) is 46.9 Å². The smallest absolute Gasteiger partial charge is 0.327 e. The number of anilines is 1. The second kappa shape index (κ2) is 8.41. The predicted molar refractivity (Wildman–Crippen MR) is 104 cm³/mol. The van der Waals surface area contributed by atoms with E-state index in [1.54, 1.807) is 26.0 Å². The fraction of sp³-hybridized carbons (Fsp3) is 0.500. The van der Waals surface area contributed by atoms with Crippen molar-refractivity contribution < 1.29 is 23.9 Å². The monoisotopic (exact) mass is 389 g/mol. The molecule has 28 heavy (non-hydrogen) atoms. The van der Waals surface area contributed by atoms with Gasteiger partial charge in [-0.3, -0.25) is 19.3 Å². The third-order valence-electron chi connectivity index (χ3n) is 4.86. The highest BCUT2D eigenvalue weighted by Gasteiger charge is 2.47. The number of esters is 1. The maximum atomic E-state index is 12.3. The molecule has 0 bridgehead atoms. The zero-order valence-corrected chi connectivity index (χ0v) is 16.9. The normalized spacial score (nSPS) is 20.1. The number of carbonyl (C=O) groups is 4. The first-order valence-electron chi connectivity index (χ1n) is 9.31. The zero-order chi connectivity index (χ0) is 21.1. The molecule has 1 heterocycles. The number of urea groups is 1. The molecule has 152 valence electrons. The van der Waals surface area contributed by atoms with Gasteiger partial charge in [-0.2, -0.15) is 0 Å². The van der Waals surface area contributed by atoms with E-state index in [2.05, 4.69) is 24.5 Å². The Morgan fingerprint density at radius 1 is 1.18 bits per heavy atom. The lowest BCUT2D eigenvalue weighted by molar-refractivity contribution is -0.155. The molecule has 0 aliphatic carbocycles. The van der Waals surface area contributed by atoms with Gasteiger partial charge in [-0.25, -0.2) is 4.79 Å². The van der Waals surface area contributed by atoms with Crippen LogP contribution in [0.1, 0.15) is 52.5 Å². The van der Waals surface area contributed by atoms with Gasteiger partial charge < -0.3 is 15.4 Å². The Kier molecular flexibility index (Phi) is 6.43. The van der Waals surface area contributed by atoms with E-state index in [4.69, 9.17) is 4.74 Å². The highest BCUT2D eigenvalue weighted by molar-refractivity contribution is 6.08. The van der Waals surface area contributed by atoms with Crippen LogP contribution in [-0.2, 0) is 19.1 Å². The quantitative estimate of drug-likeness (QED) is 0.550. The SMILES string of the molecule is CC[C@]1(C)NC(=O)N(CC(=O)O[C@H](C)C(=O)Nc2ccc(C(C)C)cc2)C1=O. The van der Waals surface area contributed by atoms with E-state index in [0.29, 0.717) is 18.0 Å². The van der Waals surface area contributed by atoms with Crippen molar-refractivity contribution in [3.63, 3.8) is 0 Å². The number of imide groups is 1. The molecule has 2 rings (SSSR count). The van der Waals surface area contributed by atoms with Crippen LogP contribution in [0.2, 0.25) is 0 Å². The number of nitrogens with one attached hydrogen (secondary N) is 2. The average Bonchev–Trinajstić information content (AvgIpc) is 2.85. The topological polar surface area (TPSA) is 105 Å². The van der Waals surface area contributed by atoms with Gasteiger partial charge in [-0.15, -0.1) is 0 Å². The van der Waals surface area contributed by atoms with E-state index < -0.39 is 42.0 Å². The van der Waals surface area contributed by atoms with E-state index >= 15 is 0 Å². The second-order valence-corrected chi connectivity index (χ2v) is 7.41. The summed E-state index contributed by atoms with van der Waals surface area (Å²) in [6, 6.07) is 6.74. The molecule has 1 saturated heterocycles. The summed E-state index contributed by atoms with van der Waals surface area (Å²) in [6.07, 6.45) is -0.673. The third kappa shape index (κ3) is 4.68. The Balaban J connectivity index is 1.90. The first kappa shape index (κ1) is 21.4. The van der Waals surface area contributed by atoms with Crippen molar-refractivity contribution in [3.8, 4) is 0 Å². The molecule has 0 unspecified atom stereocenters. The van der Waals surface area contributed by atoms with Crippen LogP contribution in [0.15, 0.2) is 24.3 Å². The fourth-order valence-corrected chi connectivity index (χ4v) is 2.74. The van der Waals surface area contributed by atoms with E-state index in [1.807, 2.05) is 12.1 Å². The molecule has 1 fully saturated rings. The van der Waals surface area contributed by atoms with Crippen LogP contribution in [0.25, 0.3) is 0 Å². The molecule has 0 aromatic heterocycles. The van der Waals surface area contributed by atoms with Gasteiger partial charge >= 0.3 is 12.0 Å². The molecule has 0 spiro atoms. The average molecular weight is 389 g/mol. The Labute approximate surface area is 164 Å². The largest absolute Gasteiger partial charge is 0.451 e. The van der Waals surface area contributed by atoms with Crippen LogP contribution >= 0.6 is 0 Å². The summed E-state index contributed by atoms with van der Waals surface area (Å²) in [5.41, 5.74) is 0.706. The summed E-state index contributed by atoms with van der Waals surface area (Å²) in [6.45, 7) is 8.39. The summed E-state index contributed by atoms with van der Waals surface area (Å²) in [5, 5.41) is 5.23. The Morgan fingerprint density at radius 2 is 1.79 bits per heavy atom. The summed E-state index contributed by atoms with van der Waals surface area (Å²) >= 11 is 0. The van der Waals surface area contributed by atoms with Crippen molar-refractivity contribution in [1.82, 2.24) is 10.2 Å². The first-order chi connectivity index (χ1) is 13.1. The molecule has 4 amide bonds. The summed E-state index contributed by atoms with van der Waals surface area (Å²) < 4.78 is 5.08. The van der Waals surface area contributed by atoms with Gasteiger partial charge in [-0.1, -0.05) is 32.9 Å². The zero-order valence-electron chi connectivity index (χ0n) is 16.9. The van der Waals surface area contributed by atoms with Gasteiger partial charge in [0.25, 0.3) is 11.8 Å². The highest BCUT2D eigenvalue weighted by Crippen LogP contribution is 2.21. The number of amides is 4. The number of carbonyl (C=O) groups excluding carboxylic acids is 4. The first-order valence-corrected chi connectivity index (χ1v) is 9.31. The number of hydrogen-bond acceptors (Lipinski definition) is 5. The lowest BCUT2D eigenvalue weighted by atomic mass is 9.99. The molecule has 0 saturated carbocycles. The fourth-order valence-electron chi connectivity index (χ4n) is 2.74. The Morgan fingerprint density at radius 3 is 2.29 bits per heavy atom. The van der Waals surface area contributed by atoms with Gasteiger partial charge in [0.05, 0.1) is 0 Å². The maximum Gasteiger partial charge on any atom is 0.327 e. The van der Waals surface area contributed by atoms with Crippen LogP contribution in [0, 0.1) is 0 Å². The standard InChI is InChI=1S/C20H27N3O5/c1-6-20(5)18(26)23(19(27)22-20)11-16(24)28-13(4)17(25)21-15-9-7-14(8-10-15)12(2)3/h7-10,12-13H,6,11H2,1-5H3,(H,21,25)(H,22,27)/t13-,20+/m1/s1. The van der Waals surface area contributed by atoms with E-state index in [9.17, 15) is 19.2 Å². The van der Waals surface area contributed by atoms with Gasteiger partial charge in [0.1, 0.15) is 12.1 Å². The maximum absolute atomic E-state index is 12.3. The van der Waals surface area contributed by atoms with Crippen molar-refractivity contribution in [2.45, 2.75) is 58.6 Å². The molecule has 1 aromatic rings. The highest BCUT2D eigenvalue weighted by atomic mass is 16.5. The lowest BCUT2D eigenvalue weighted by Gasteiger charge is -2.19. The predicted octanol–water partition coefficient (Wildman–Crippen LogP) is 2.40. The number of rotatable bonds is 7. The number of benzene rings is 1. The van der Waals surface area contributed by atoms with Crippen molar-refractivity contribution in [2.75, 3.05) is 11.9 Å². The minimum Gasteiger partial charge on any atom is -0.451 e.